The number of para-hydroxylation sites is 1. The Balaban J connectivity index is 1.95. The van der Waals surface area contributed by atoms with Crippen LogP contribution in [0.25, 0.3) is 21.9 Å². The lowest BCUT2D eigenvalue weighted by Gasteiger charge is -2.14. The first-order chi connectivity index (χ1) is 12.0. The standard InChI is InChI=1S/C19H24N4O2/c1-13(2)17-18-19(14-8-5-6-9-15(14)21-17)23(12-20-18)11-7-10-16(24)22(3)25-4/h5-6,8-9,12-13H,7,10-11H2,1-4H3. The molecular formula is C19H24N4O2. The van der Waals surface area contributed by atoms with Crippen LogP contribution in [-0.4, -0.2) is 39.7 Å². The lowest BCUT2D eigenvalue weighted by Crippen LogP contribution is -2.25. The van der Waals surface area contributed by atoms with E-state index in [2.05, 4.69) is 29.5 Å². The van der Waals surface area contributed by atoms with Gasteiger partial charge in [0.15, 0.2) is 0 Å². The molecule has 0 bridgehead atoms. The van der Waals surface area contributed by atoms with E-state index in [0.29, 0.717) is 12.3 Å². The summed E-state index contributed by atoms with van der Waals surface area (Å²) in [5, 5.41) is 2.36. The summed E-state index contributed by atoms with van der Waals surface area (Å²) in [5.74, 6) is 0.272. The molecule has 6 nitrogen and oxygen atoms in total. The highest BCUT2D eigenvalue weighted by molar-refractivity contribution is 6.03. The molecule has 1 aromatic carbocycles. The Morgan fingerprint density at radius 1 is 1.32 bits per heavy atom. The van der Waals surface area contributed by atoms with Gasteiger partial charge in [-0.3, -0.25) is 14.6 Å². The fraction of sp³-hybridized carbons (Fsp3) is 0.421. The zero-order valence-corrected chi connectivity index (χ0v) is 15.2. The Labute approximate surface area is 147 Å². The Bertz CT molecular complexity index is 901. The molecule has 0 spiro atoms. The Hall–Kier alpha value is -2.47. The monoisotopic (exact) mass is 340 g/mol. The van der Waals surface area contributed by atoms with E-state index >= 15 is 0 Å². The van der Waals surface area contributed by atoms with Crippen molar-refractivity contribution in [3.8, 4) is 0 Å². The van der Waals surface area contributed by atoms with E-state index in [1.807, 2.05) is 24.5 Å². The lowest BCUT2D eigenvalue weighted by atomic mass is 10.1. The number of hydrogen-bond donors (Lipinski definition) is 0. The molecule has 1 amide bonds. The summed E-state index contributed by atoms with van der Waals surface area (Å²) in [5.41, 5.74) is 4.05. The number of hydroxylamine groups is 2. The van der Waals surface area contributed by atoms with Crippen molar-refractivity contribution in [2.75, 3.05) is 14.2 Å². The van der Waals surface area contributed by atoms with Gasteiger partial charge in [0.05, 0.1) is 30.2 Å². The van der Waals surface area contributed by atoms with Crippen LogP contribution in [-0.2, 0) is 16.2 Å². The van der Waals surface area contributed by atoms with Gasteiger partial charge in [-0.05, 0) is 18.4 Å². The van der Waals surface area contributed by atoms with Crippen LogP contribution in [0.15, 0.2) is 30.6 Å². The molecule has 0 aliphatic rings. The summed E-state index contributed by atoms with van der Waals surface area (Å²) in [7, 11) is 3.12. The fourth-order valence-electron chi connectivity index (χ4n) is 3.04. The second-order valence-electron chi connectivity index (χ2n) is 6.48. The number of aryl methyl sites for hydroxylation is 1. The van der Waals surface area contributed by atoms with Crippen molar-refractivity contribution in [2.24, 2.45) is 0 Å². The maximum Gasteiger partial charge on any atom is 0.245 e. The highest BCUT2D eigenvalue weighted by atomic mass is 16.7. The van der Waals surface area contributed by atoms with E-state index in [0.717, 1.165) is 40.6 Å². The summed E-state index contributed by atoms with van der Waals surface area (Å²) in [6.07, 6.45) is 3.02. The third-order valence-corrected chi connectivity index (χ3v) is 4.44. The van der Waals surface area contributed by atoms with E-state index in [-0.39, 0.29) is 5.91 Å². The van der Waals surface area contributed by atoms with Gasteiger partial charge in [-0.25, -0.2) is 10.0 Å². The van der Waals surface area contributed by atoms with Crippen LogP contribution in [0, 0.1) is 0 Å². The molecule has 0 aliphatic heterocycles. The number of amides is 1. The number of benzene rings is 1. The minimum Gasteiger partial charge on any atom is -0.330 e. The second kappa shape index (κ2) is 7.19. The normalized spacial score (nSPS) is 11.6. The van der Waals surface area contributed by atoms with Crippen LogP contribution >= 0.6 is 0 Å². The lowest BCUT2D eigenvalue weighted by molar-refractivity contribution is -0.168. The topological polar surface area (TPSA) is 60.2 Å². The van der Waals surface area contributed by atoms with Crippen molar-refractivity contribution in [3.63, 3.8) is 0 Å². The van der Waals surface area contributed by atoms with E-state index in [1.165, 1.54) is 12.2 Å². The van der Waals surface area contributed by atoms with Crippen molar-refractivity contribution in [1.29, 1.82) is 0 Å². The number of carbonyl (C=O) groups excluding carboxylic acids is 1. The van der Waals surface area contributed by atoms with E-state index in [1.54, 1.807) is 7.05 Å². The van der Waals surface area contributed by atoms with Crippen LogP contribution in [0.1, 0.15) is 38.3 Å². The summed E-state index contributed by atoms with van der Waals surface area (Å²) >= 11 is 0. The highest BCUT2D eigenvalue weighted by Gasteiger charge is 2.16. The van der Waals surface area contributed by atoms with Crippen molar-refractivity contribution in [1.82, 2.24) is 19.6 Å². The average Bonchev–Trinajstić information content (AvgIpc) is 3.04. The van der Waals surface area contributed by atoms with Crippen molar-refractivity contribution < 1.29 is 9.63 Å². The summed E-state index contributed by atoms with van der Waals surface area (Å²) in [4.78, 5) is 26.2. The van der Waals surface area contributed by atoms with Crippen molar-refractivity contribution >= 4 is 27.8 Å². The van der Waals surface area contributed by atoms with Crippen LogP contribution in [0.4, 0.5) is 0 Å². The molecule has 0 radical (unpaired) electrons. The molecule has 0 fully saturated rings. The maximum atomic E-state index is 11.9. The Kier molecular flexibility index (Phi) is 4.99. The van der Waals surface area contributed by atoms with Gasteiger partial charge >= 0.3 is 0 Å². The number of nitrogens with zero attached hydrogens (tertiary/aromatic N) is 4. The van der Waals surface area contributed by atoms with Crippen molar-refractivity contribution in [2.45, 2.75) is 39.2 Å². The fourth-order valence-corrected chi connectivity index (χ4v) is 3.04. The number of hydrogen-bond acceptors (Lipinski definition) is 4. The minimum absolute atomic E-state index is 0.0266. The first-order valence-electron chi connectivity index (χ1n) is 8.57. The summed E-state index contributed by atoms with van der Waals surface area (Å²) in [6, 6.07) is 8.14. The van der Waals surface area contributed by atoms with Gasteiger partial charge in [0.25, 0.3) is 0 Å². The van der Waals surface area contributed by atoms with Gasteiger partial charge in [-0.2, -0.15) is 0 Å². The SMILES string of the molecule is CON(C)C(=O)CCCn1cnc2c(C(C)C)nc3ccccc3c21. The van der Waals surface area contributed by atoms with Crippen LogP contribution in [0.3, 0.4) is 0 Å². The molecule has 3 rings (SSSR count). The molecular weight excluding hydrogens is 316 g/mol. The highest BCUT2D eigenvalue weighted by Crippen LogP contribution is 2.29. The summed E-state index contributed by atoms with van der Waals surface area (Å²) < 4.78 is 2.13. The first-order valence-corrected chi connectivity index (χ1v) is 8.57. The average molecular weight is 340 g/mol. The van der Waals surface area contributed by atoms with Crippen LogP contribution in [0.5, 0.6) is 0 Å². The molecule has 0 saturated heterocycles. The predicted octanol–water partition coefficient (Wildman–Crippen LogP) is 3.51. The molecule has 2 aromatic heterocycles. The van der Waals surface area contributed by atoms with Gasteiger partial charge in [-0.1, -0.05) is 32.0 Å². The number of imidazole rings is 1. The second-order valence-corrected chi connectivity index (χ2v) is 6.48. The number of fused-ring (bicyclic) bond motifs is 3. The maximum absolute atomic E-state index is 11.9. The third kappa shape index (κ3) is 3.35. The Morgan fingerprint density at radius 3 is 2.80 bits per heavy atom. The smallest absolute Gasteiger partial charge is 0.245 e. The molecule has 0 N–H and O–H groups in total. The van der Waals surface area contributed by atoms with Crippen molar-refractivity contribution in [3.05, 3.63) is 36.3 Å². The summed E-state index contributed by atoms with van der Waals surface area (Å²) in [6.45, 7) is 5.00. The third-order valence-electron chi connectivity index (χ3n) is 4.44. The molecule has 25 heavy (non-hydrogen) atoms. The number of carbonyl (C=O) groups is 1. The first kappa shape index (κ1) is 17.4. The molecule has 3 aromatic rings. The number of pyridine rings is 1. The van der Waals surface area contributed by atoms with Gasteiger partial charge in [0.1, 0.15) is 5.52 Å². The van der Waals surface area contributed by atoms with E-state index in [9.17, 15) is 4.79 Å². The molecule has 0 atom stereocenters. The zero-order valence-electron chi connectivity index (χ0n) is 15.2. The van der Waals surface area contributed by atoms with Gasteiger partial charge in [0.2, 0.25) is 5.91 Å². The number of aromatic nitrogens is 3. The van der Waals surface area contributed by atoms with E-state index < -0.39 is 0 Å². The number of rotatable bonds is 6. The molecule has 6 heteroatoms. The molecule has 0 unspecified atom stereocenters. The van der Waals surface area contributed by atoms with Gasteiger partial charge < -0.3 is 4.57 Å². The van der Waals surface area contributed by atoms with Gasteiger partial charge in [0, 0.05) is 25.4 Å². The minimum atomic E-state index is -0.0266. The Morgan fingerprint density at radius 2 is 2.08 bits per heavy atom. The predicted molar refractivity (Wildman–Crippen MR) is 98.1 cm³/mol. The molecule has 0 saturated carbocycles. The molecule has 0 aliphatic carbocycles. The largest absolute Gasteiger partial charge is 0.330 e. The zero-order chi connectivity index (χ0) is 18.0. The van der Waals surface area contributed by atoms with E-state index in [4.69, 9.17) is 9.82 Å². The van der Waals surface area contributed by atoms with Crippen LogP contribution in [0.2, 0.25) is 0 Å². The molecule has 2 heterocycles. The molecule has 132 valence electrons. The quantitative estimate of drug-likeness (QED) is 0.644. The van der Waals surface area contributed by atoms with Crippen LogP contribution < -0.4 is 0 Å². The van der Waals surface area contributed by atoms with Gasteiger partial charge in [-0.15, -0.1) is 0 Å².